The van der Waals surface area contributed by atoms with Crippen molar-refractivity contribution in [2.75, 3.05) is 0 Å². The highest BCUT2D eigenvalue weighted by atomic mass is 32.1. The van der Waals surface area contributed by atoms with E-state index in [2.05, 4.69) is 52.5 Å². The van der Waals surface area contributed by atoms with Crippen LogP contribution >= 0.6 is 11.3 Å². The average molecular weight is 375 g/mol. The quantitative estimate of drug-likeness (QED) is 0.488. The number of thiophene rings is 1. The molecule has 0 saturated heterocycles. The molecular formula is C23H22N2OS. The van der Waals surface area contributed by atoms with Crippen LogP contribution in [-0.2, 0) is 6.54 Å². The molecule has 2 aromatic heterocycles. The second kappa shape index (κ2) is 7.41. The molecule has 0 radical (unpaired) electrons. The first-order chi connectivity index (χ1) is 13.1. The molecule has 2 aromatic carbocycles. The Hall–Kier alpha value is -2.85. The molecular weight excluding hydrogens is 352 g/mol. The monoisotopic (exact) mass is 374 g/mol. The average Bonchev–Trinajstić information content (AvgIpc) is 3.27. The van der Waals surface area contributed by atoms with Crippen LogP contribution in [-0.4, -0.2) is 10.5 Å². The van der Waals surface area contributed by atoms with E-state index >= 15 is 0 Å². The first-order valence-electron chi connectivity index (χ1n) is 9.10. The van der Waals surface area contributed by atoms with E-state index in [9.17, 15) is 4.79 Å². The number of amides is 1. The molecule has 0 saturated carbocycles. The second-order valence-electron chi connectivity index (χ2n) is 6.89. The molecule has 0 spiro atoms. The molecule has 4 aromatic rings. The summed E-state index contributed by atoms with van der Waals surface area (Å²) in [5.74, 6) is -0.0399. The van der Waals surface area contributed by atoms with Crippen LogP contribution in [0.4, 0.5) is 0 Å². The van der Waals surface area contributed by atoms with Crippen molar-refractivity contribution in [3.8, 4) is 0 Å². The fourth-order valence-electron chi connectivity index (χ4n) is 3.29. The van der Waals surface area contributed by atoms with Gasteiger partial charge in [-0.15, -0.1) is 11.3 Å². The summed E-state index contributed by atoms with van der Waals surface area (Å²) < 4.78 is 2.12. The minimum Gasteiger partial charge on any atom is -0.344 e. The Balaban J connectivity index is 1.63. The lowest BCUT2D eigenvalue weighted by molar-refractivity contribution is 0.0931. The zero-order chi connectivity index (χ0) is 18.8. The number of rotatable bonds is 5. The van der Waals surface area contributed by atoms with Crippen LogP contribution < -0.4 is 5.32 Å². The number of nitrogens with one attached hydrogen (secondary N) is 1. The fourth-order valence-corrected chi connectivity index (χ4v) is 4.19. The highest BCUT2D eigenvalue weighted by molar-refractivity contribution is 7.16. The predicted octanol–water partition coefficient (Wildman–Crippen LogP) is 5.55. The van der Waals surface area contributed by atoms with Crippen molar-refractivity contribution >= 4 is 27.5 Å². The highest BCUT2D eigenvalue weighted by Crippen LogP contribution is 2.27. The van der Waals surface area contributed by atoms with Gasteiger partial charge in [0.1, 0.15) is 10.5 Å². The van der Waals surface area contributed by atoms with Crippen molar-refractivity contribution in [1.29, 1.82) is 0 Å². The minimum absolute atomic E-state index is 0.0399. The van der Waals surface area contributed by atoms with Crippen molar-refractivity contribution in [3.05, 3.63) is 94.5 Å². The topological polar surface area (TPSA) is 34.0 Å². The summed E-state index contributed by atoms with van der Waals surface area (Å²) >= 11 is 1.67. The Labute approximate surface area is 163 Å². The van der Waals surface area contributed by atoms with E-state index in [1.807, 2.05) is 43.3 Å². The second-order valence-corrected chi connectivity index (χ2v) is 7.78. The largest absolute Gasteiger partial charge is 0.344 e. The number of fused-ring (bicyclic) bond motifs is 1. The van der Waals surface area contributed by atoms with Crippen molar-refractivity contribution < 1.29 is 4.79 Å². The van der Waals surface area contributed by atoms with E-state index in [-0.39, 0.29) is 11.9 Å². The number of aryl methyl sites for hydroxylation is 1. The summed E-state index contributed by atoms with van der Waals surface area (Å²) in [6.07, 6.45) is 0. The molecule has 4 rings (SSSR count). The van der Waals surface area contributed by atoms with Crippen molar-refractivity contribution in [1.82, 2.24) is 9.88 Å². The molecule has 1 N–H and O–H groups in total. The van der Waals surface area contributed by atoms with Crippen LogP contribution in [0.25, 0.3) is 10.2 Å². The number of carbonyl (C=O) groups excluding carboxylic acids is 1. The van der Waals surface area contributed by atoms with Gasteiger partial charge in [0, 0.05) is 11.9 Å². The molecule has 2 heterocycles. The van der Waals surface area contributed by atoms with Gasteiger partial charge in [-0.3, -0.25) is 4.79 Å². The van der Waals surface area contributed by atoms with Gasteiger partial charge in [0.2, 0.25) is 0 Å². The summed E-state index contributed by atoms with van der Waals surface area (Å²) in [5, 5.41) is 6.33. The van der Waals surface area contributed by atoms with Gasteiger partial charge in [0.05, 0.1) is 6.04 Å². The molecule has 4 heteroatoms. The Bertz CT molecular complexity index is 1060. The Morgan fingerprint density at radius 3 is 2.56 bits per heavy atom. The van der Waals surface area contributed by atoms with Gasteiger partial charge in [0.15, 0.2) is 0 Å². The van der Waals surface area contributed by atoms with Gasteiger partial charge in [-0.1, -0.05) is 60.2 Å². The number of hydrogen-bond donors (Lipinski definition) is 1. The van der Waals surface area contributed by atoms with Gasteiger partial charge >= 0.3 is 0 Å². The molecule has 27 heavy (non-hydrogen) atoms. The first-order valence-corrected chi connectivity index (χ1v) is 9.98. The van der Waals surface area contributed by atoms with Crippen LogP contribution in [0.5, 0.6) is 0 Å². The highest BCUT2D eigenvalue weighted by Gasteiger charge is 2.19. The van der Waals surface area contributed by atoms with Gasteiger partial charge in [-0.25, -0.2) is 0 Å². The van der Waals surface area contributed by atoms with Crippen molar-refractivity contribution in [2.45, 2.75) is 26.4 Å². The fraction of sp³-hybridized carbons (Fsp3) is 0.174. The molecule has 0 aliphatic heterocycles. The van der Waals surface area contributed by atoms with E-state index in [1.54, 1.807) is 11.3 Å². The van der Waals surface area contributed by atoms with E-state index in [1.165, 1.54) is 11.1 Å². The minimum atomic E-state index is -0.0422. The number of benzene rings is 2. The number of nitrogens with zero attached hydrogens (tertiary/aromatic N) is 1. The van der Waals surface area contributed by atoms with Crippen LogP contribution in [0.15, 0.2) is 72.1 Å². The summed E-state index contributed by atoms with van der Waals surface area (Å²) in [6.45, 7) is 4.79. The van der Waals surface area contributed by atoms with Crippen molar-refractivity contribution in [2.24, 2.45) is 0 Å². The Morgan fingerprint density at radius 1 is 1.07 bits per heavy atom. The van der Waals surface area contributed by atoms with E-state index in [0.29, 0.717) is 12.2 Å². The standard InChI is InChI=1S/C23H22N2OS/c1-16-8-10-18(11-9-16)15-25-21(14-20-12-13-27-23(20)25)22(26)24-17(2)19-6-4-3-5-7-19/h3-14,17H,15H2,1-2H3,(H,24,26)/t17-/m1/s1. The predicted molar refractivity (Wildman–Crippen MR) is 112 cm³/mol. The van der Waals surface area contributed by atoms with E-state index in [0.717, 1.165) is 15.8 Å². The lowest BCUT2D eigenvalue weighted by atomic mass is 10.1. The molecule has 0 bridgehead atoms. The molecule has 0 unspecified atom stereocenters. The molecule has 0 aliphatic rings. The van der Waals surface area contributed by atoms with E-state index < -0.39 is 0 Å². The summed E-state index contributed by atoms with van der Waals surface area (Å²) in [5.41, 5.74) is 4.24. The normalized spacial score (nSPS) is 12.2. The lowest BCUT2D eigenvalue weighted by Gasteiger charge is -2.16. The van der Waals surface area contributed by atoms with Crippen LogP contribution in [0, 0.1) is 6.92 Å². The smallest absolute Gasteiger partial charge is 0.268 e. The third-order valence-corrected chi connectivity index (χ3v) is 5.80. The van der Waals surface area contributed by atoms with Crippen LogP contribution in [0.1, 0.15) is 40.1 Å². The summed E-state index contributed by atoms with van der Waals surface area (Å²) in [7, 11) is 0. The maximum absolute atomic E-state index is 13.0. The molecule has 0 fully saturated rings. The summed E-state index contributed by atoms with van der Waals surface area (Å²) in [6, 6.07) is 22.6. The lowest BCUT2D eigenvalue weighted by Crippen LogP contribution is -2.28. The molecule has 1 atom stereocenters. The Morgan fingerprint density at radius 2 is 1.81 bits per heavy atom. The van der Waals surface area contributed by atoms with Gasteiger partial charge < -0.3 is 9.88 Å². The molecule has 3 nitrogen and oxygen atoms in total. The summed E-state index contributed by atoms with van der Waals surface area (Å²) in [4.78, 5) is 14.2. The maximum atomic E-state index is 13.0. The van der Waals surface area contributed by atoms with Gasteiger partial charge in [0.25, 0.3) is 5.91 Å². The Kier molecular flexibility index (Phi) is 4.82. The molecule has 136 valence electrons. The zero-order valence-electron chi connectivity index (χ0n) is 15.5. The molecule has 0 aliphatic carbocycles. The van der Waals surface area contributed by atoms with E-state index in [4.69, 9.17) is 0 Å². The SMILES string of the molecule is Cc1ccc(Cn2c(C(=O)N[C@H](C)c3ccccc3)cc3ccsc32)cc1. The number of aromatic nitrogens is 1. The van der Waals surface area contributed by atoms with Crippen LogP contribution in [0.2, 0.25) is 0 Å². The van der Waals surface area contributed by atoms with Gasteiger partial charge in [-0.05, 0) is 42.5 Å². The maximum Gasteiger partial charge on any atom is 0.268 e. The molecule has 1 amide bonds. The zero-order valence-corrected chi connectivity index (χ0v) is 16.3. The third kappa shape index (κ3) is 3.67. The number of carbonyl (C=O) groups is 1. The number of hydrogen-bond acceptors (Lipinski definition) is 2. The van der Waals surface area contributed by atoms with Gasteiger partial charge in [-0.2, -0.15) is 0 Å². The van der Waals surface area contributed by atoms with Crippen LogP contribution in [0.3, 0.4) is 0 Å². The van der Waals surface area contributed by atoms with Crippen molar-refractivity contribution in [3.63, 3.8) is 0 Å². The third-order valence-electron chi connectivity index (χ3n) is 4.84. The first kappa shape index (κ1) is 17.6.